The maximum Gasteiger partial charge on any atom is 0.0719 e. The smallest absolute Gasteiger partial charge is 0.0719 e. The van der Waals surface area contributed by atoms with Crippen molar-refractivity contribution in [3.63, 3.8) is 0 Å². The quantitative estimate of drug-likeness (QED) is 0.796. The molecule has 1 aromatic heterocycles. The topological polar surface area (TPSA) is 36.7 Å². The summed E-state index contributed by atoms with van der Waals surface area (Å²) in [5.74, 6) is 0. The second-order valence-corrected chi connectivity index (χ2v) is 5.02. The molecule has 0 saturated carbocycles. The van der Waals surface area contributed by atoms with Gasteiger partial charge in [-0.1, -0.05) is 22.0 Å². The molecule has 0 atom stereocenters. The van der Waals surface area contributed by atoms with Crippen LogP contribution in [0.4, 0.5) is 0 Å². The minimum atomic E-state index is 0.594. The highest BCUT2D eigenvalue weighted by Crippen LogP contribution is 2.22. The van der Waals surface area contributed by atoms with Crippen molar-refractivity contribution in [2.75, 3.05) is 0 Å². The van der Waals surface area contributed by atoms with Gasteiger partial charge in [0.1, 0.15) is 0 Å². The highest BCUT2D eigenvalue weighted by molar-refractivity contribution is 9.10. The van der Waals surface area contributed by atoms with E-state index >= 15 is 0 Å². The minimum Gasteiger partial charge on any atom is -0.253 e. The molecule has 1 heterocycles. The van der Waals surface area contributed by atoms with Crippen molar-refractivity contribution in [1.29, 1.82) is 5.26 Å². The standard InChI is InChI=1S/C14H13BrN2/c1-10-8-12(4-2-3-7-16)17-14-9-11(15)5-6-13(10)14/h5-6,8-9H,2-4H2,1H3. The first-order valence-corrected chi connectivity index (χ1v) is 6.43. The van der Waals surface area contributed by atoms with Gasteiger partial charge in [-0.25, -0.2) is 0 Å². The third-order valence-electron chi connectivity index (χ3n) is 2.75. The normalized spacial score (nSPS) is 10.4. The van der Waals surface area contributed by atoms with Gasteiger partial charge in [0, 0.05) is 22.0 Å². The molecular formula is C14H13BrN2. The molecule has 0 unspecified atom stereocenters. The first-order chi connectivity index (χ1) is 8.20. The summed E-state index contributed by atoms with van der Waals surface area (Å²) in [6.07, 6.45) is 2.34. The van der Waals surface area contributed by atoms with Gasteiger partial charge in [0.15, 0.2) is 0 Å². The summed E-state index contributed by atoms with van der Waals surface area (Å²) in [7, 11) is 0. The Bertz CT molecular complexity index is 585. The molecule has 3 heteroatoms. The number of hydrogen-bond acceptors (Lipinski definition) is 2. The van der Waals surface area contributed by atoms with E-state index in [4.69, 9.17) is 5.26 Å². The van der Waals surface area contributed by atoms with Crippen LogP contribution in [0.1, 0.15) is 24.1 Å². The lowest BCUT2D eigenvalue weighted by Crippen LogP contribution is -1.93. The molecule has 2 nitrogen and oxygen atoms in total. The SMILES string of the molecule is Cc1cc(CCCC#N)nc2cc(Br)ccc12. The summed E-state index contributed by atoms with van der Waals surface area (Å²) >= 11 is 3.46. The number of benzene rings is 1. The van der Waals surface area contributed by atoms with Gasteiger partial charge < -0.3 is 0 Å². The van der Waals surface area contributed by atoms with Crippen LogP contribution in [0.25, 0.3) is 10.9 Å². The average Bonchev–Trinajstić information content (AvgIpc) is 2.28. The molecule has 0 aliphatic heterocycles. The van der Waals surface area contributed by atoms with E-state index in [0.717, 1.165) is 28.5 Å². The number of nitrogens with zero attached hydrogens (tertiary/aromatic N) is 2. The molecule has 86 valence electrons. The maximum absolute atomic E-state index is 8.53. The summed E-state index contributed by atoms with van der Waals surface area (Å²) in [6.45, 7) is 2.10. The fourth-order valence-electron chi connectivity index (χ4n) is 1.92. The van der Waals surface area contributed by atoms with E-state index in [9.17, 15) is 0 Å². The molecule has 0 aliphatic rings. The highest BCUT2D eigenvalue weighted by Gasteiger charge is 2.03. The summed E-state index contributed by atoms with van der Waals surface area (Å²) in [4.78, 5) is 4.63. The van der Waals surface area contributed by atoms with Crippen molar-refractivity contribution in [2.24, 2.45) is 0 Å². The number of fused-ring (bicyclic) bond motifs is 1. The molecule has 0 N–H and O–H groups in total. The van der Waals surface area contributed by atoms with E-state index in [1.165, 1.54) is 10.9 Å². The highest BCUT2D eigenvalue weighted by atomic mass is 79.9. The zero-order valence-corrected chi connectivity index (χ0v) is 11.3. The first kappa shape index (κ1) is 12.1. The van der Waals surface area contributed by atoms with E-state index in [-0.39, 0.29) is 0 Å². The molecule has 0 saturated heterocycles. The lowest BCUT2D eigenvalue weighted by Gasteiger charge is -2.06. The Morgan fingerprint density at radius 2 is 2.18 bits per heavy atom. The zero-order chi connectivity index (χ0) is 12.3. The van der Waals surface area contributed by atoms with Gasteiger partial charge in [-0.3, -0.25) is 4.98 Å². The number of unbranched alkanes of at least 4 members (excludes halogenated alkanes) is 1. The Kier molecular flexibility index (Phi) is 3.75. The van der Waals surface area contributed by atoms with Crippen molar-refractivity contribution in [1.82, 2.24) is 4.98 Å². The average molecular weight is 289 g/mol. The fraction of sp³-hybridized carbons (Fsp3) is 0.286. The summed E-state index contributed by atoms with van der Waals surface area (Å²) in [6, 6.07) is 10.4. The maximum atomic E-state index is 8.53. The Morgan fingerprint density at radius 1 is 1.35 bits per heavy atom. The Hall–Kier alpha value is -1.40. The molecule has 2 aromatic rings. The fourth-order valence-corrected chi connectivity index (χ4v) is 2.27. The van der Waals surface area contributed by atoms with Gasteiger partial charge in [0.25, 0.3) is 0 Å². The molecule has 0 radical (unpaired) electrons. The third-order valence-corrected chi connectivity index (χ3v) is 3.25. The predicted molar refractivity (Wildman–Crippen MR) is 72.7 cm³/mol. The van der Waals surface area contributed by atoms with Gasteiger partial charge in [0.2, 0.25) is 0 Å². The molecule has 0 aliphatic carbocycles. The molecule has 0 fully saturated rings. The first-order valence-electron chi connectivity index (χ1n) is 5.63. The van der Waals surface area contributed by atoms with Crippen LogP contribution >= 0.6 is 15.9 Å². The summed E-state index contributed by atoms with van der Waals surface area (Å²) in [5, 5.41) is 9.72. The summed E-state index contributed by atoms with van der Waals surface area (Å²) < 4.78 is 1.05. The van der Waals surface area contributed by atoms with Crippen LogP contribution in [-0.2, 0) is 6.42 Å². The van der Waals surface area contributed by atoms with E-state index in [1.54, 1.807) is 0 Å². The number of pyridine rings is 1. The second kappa shape index (κ2) is 5.29. The van der Waals surface area contributed by atoms with Crippen molar-refractivity contribution < 1.29 is 0 Å². The Labute approximate surface area is 109 Å². The van der Waals surface area contributed by atoms with E-state index in [2.05, 4.69) is 46.0 Å². The van der Waals surface area contributed by atoms with Crippen molar-refractivity contribution in [2.45, 2.75) is 26.2 Å². The van der Waals surface area contributed by atoms with E-state index < -0.39 is 0 Å². The number of aryl methyl sites for hydroxylation is 2. The van der Waals surface area contributed by atoms with Crippen molar-refractivity contribution in [3.8, 4) is 6.07 Å². The van der Waals surface area contributed by atoms with E-state index in [1.807, 2.05) is 12.1 Å². The number of rotatable bonds is 3. The monoisotopic (exact) mass is 288 g/mol. The van der Waals surface area contributed by atoms with Crippen LogP contribution in [0.3, 0.4) is 0 Å². The van der Waals surface area contributed by atoms with Gasteiger partial charge in [-0.05, 0) is 43.5 Å². The van der Waals surface area contributed by atoms with Crippen LogP contribution in [0.5, 0.6) is 0 Å². The minimum absolute atomic E-state index is 0.594. The molecule has 0 spiro atoms. The van der Waals surface area contributed by atoms with Crippen LogP contribution in [0.15, 0.2) is 28.7 Å². The second-order valence-electron chi connectivity index (χ2n) is 4.10. The van der Waals surface area contributed by atoms with Crippen LogP contribution in [-0.4, -0.2) is 4.98 Å². The molecule has 2 rings (SSSR count). The van der Waals surface area contributed by atoms with Crippen LogP contribution < -0.4 is 0 Å². The zero-order valence-electron chi connectivity index (χ0n) is 9.70. The van der Waals surface area contributed by atoms with Gasteiger partial charge in [-0.2, -0.15) is 5.26 Å². The van der Waals surface area contributed by atoms with Gasteiger partial charge >= 0.3 is 0 Å². The lowest BCUT2D eigenvalue weighted by molar-refractivity contribution is 0.828. The van der Waals surface area contributed by atoms with Crippen molar-refractivity contribution >= 4 is 26.8 Å². The molecule has 0 amide bonds. The van der Waals surface area contributed by atoms with E-state index in [0.29, 0.717) is 6.42 Å². The number of aromatic nitrogens is 1. The predicted octanol–water partition coefficient (Wildman–Crippen LogP) is 4.15. The van der Waals surface area contributed by atoms with Gasteiger partial charge in [0.05, 0.1) is 11.6 Å². The van der Waals surface area contributed by atoms with Crippen LogP contribution in [0, 0.1) is 18.3 Å². The Balaban J connectivity index is 2.37. The Morgan fingerprint density at radius 3 is 2.94 bits per heavy atom. The molecule has 17 heavy (non-hydrogen) atoms. The molecule has 1 aromatic carbocycles. The molecular weight excluding hydrogens is 276 g/mol. The lowest BCUT2D eigenvalue weighted by atomic mass is 10.1. The van der Waals surface area contributed by atoms with Crippen molar-refractivity contribution in [3.05, 3.63) is 40.0 Å². The molecule has 0 bridgehead atoms. The third kappa shape index (κ3) is 2.83. The number of hydrogen-bond donors (Lipinski definition) is 0. The summed E-state index contributed by atoms with van der Waals surface area (Å²) in [5.41, 5.74) is 3.34. The largest absolute Gasteiger partial charge is 0.253 e. The van der Waals surface area contributed by atoms with Gasteiger partial charge in [-0.15, -0.1) is 0 Å². The number of halogens is 1. The number of nitriles is 1. The van der Waals surface area contributed by atoms with Crippen LogP contribution in [0.2, 0.25) is 0 Å².